The Morgan fingerprint density at radius 3 is 2.58 bits per heavy atom. The van der Waals surface area contributed by atoms with Gasteiger partial charge in [-0.25, -0.2) is 8.78 Å². The highest BCUT2D eigenvalue weighted by Gasteiger charge is 2.75. The van der Waals surface area contributed by atoms with Crippen molar-refractivity contribution in [1.29, 1.82) is 0 Å². The van der Waals surface area contributed by atoms with Crippen LogP contribution in [0.5, 0.6) is 0 Å². The van der Waals surface area contributed by atoms with Crippen molar-refractivity contribution in [3.63, 3.8) is 0 Å². The number of halogens is 2. The molecule has 1 aliphatic heterocycles. The Morgan fingerprint density at radius 1 is 1.24 bits per heavy atom. The maximum absolute atomic E-state index is 17.4. The number of carbonyl (C=O) groups is 2. The Hall–Kier alpha value is -1.22. The van der Waals surface area contributed by atoms with Crippen molar-refractivity contribution < 1.29 is 38.1 Å². The Kier molecular flexibility index (Phi) is 5.27. The molecule has 5 aliphatic rings. The highest BCUT2D eigenvalue weighted by Crippen LogP contribution is 2.71. The monoisotopic (exact) mass is 468 g/mol. The summed E-state index contributed by atoms with van der Waals surface area (Å²) in [6.45, 7) is 4.82. The summed E-state index contributed by atoms with van der Waals surface area (Å²) in [7, 11) is 0. The lowest BCUT2D eigenvalue weighted by Crippen LogP contribution is -2.73. The fourth-order valence-corrected chi connectivity index (χ4v) is 8.27. The van der Waals surface area contributed by atoms with E-state index in [4.69, 9.17) is 9.47 Å². The molecule has 0 aromatic rings. The highest BCUT2D eigenvalue weighted by atomic mass is 19.1. The summed E-state index contributed by atoms with van der Waals surface area (Å²) in [5.74, 6) is -4.06. The molecule has 1 spiro atoms. The van der Waals surface area contributed by atoms with Crippen LogP contribution < -0.4 is 0 Å². The number of rotatable bonds is 4. The smallest absolute Gasteiger partial charge is 0.238 e. The molecule has 33 heavy (non-hydrogen) atoms. The van der Waals surface area contributed by atoms with Crippen LogP contribution in [0.15, 0.2) is 11.6 Å². The second-order valence-electron chi connectivity index (χ2n) is 11.3. The number of alkyl halides is 2. The topological polar surface area (TPSA) is 93.1 Å². The molecule has 0 aromatic heterocycles. The number of ketones is 2. The molecule has 8 atom stereocenters. The third-order valence-electron chi connectivity index (χ3n) is 9.79. The molecular formula is C25H34F2O6. The van der Waals surface area contributed by atoms with Gasteiger partial charge in [-0.1, -0.05) is 27.2 Å². The van der Waals surface area contributed by atoms with Crippen molar-refractivity contribution in [1.82, 2.24) is 0 Å². The standard InChI is InChI=1S/C25H34F2O6/c1-4-5-21-32-24(33-21)12-23(3)16(9-19(24)30)17(26)8-15-13-6-7-14(18(29)11-28)22(13,2)10-20(31)25(15,23)27/h9,13-15,17,20-21,28,31H,4-8,10-12H2,1-3H3/t13-,14+,15-,17-,20-,21?,22-,23-,24?,25-/m0/s1. The van der Waals surface area contributed by atoms with E-state index >= 15 is 8.78 Å². The van der Waals surface area contributed by atoms with Crippen molar-refractivity contribution in [2.45, 2.75) is 95.7 Å². The van der Waals surface area contributed by atoms with Gasteiger partial charge in [-0.15, -0.1) is 0 Å². The number of ether oxygens (including phenoxy) is 2. The molecule has 4 aliphatic carbocycles. The van der Waals surface area contributed by atoms with Gasteiger partial charge in [-0.2, -0.15) is 0 Å². The zero-order chi connectivity index (χ0) is 24.0. The predicted molar refractivity (Wildman–Crippen MR) is 113 cm³/mol. The first-order valence-electron chi connectivity index (χ1n) is 12.2. The van der Waals surface area contributed by atoms with E-state index in [1.54, 1.807) is 6.92 Å². The summed E-state index contributed by atoms with van der Waals surface area (Å²) in [4.78, 5) is 25.3. The van der Waals surface area contributed by atoms with Gasteiger partial charge in [0, 0.05) is 23.7 Å². The molecule has 1 heterocycles. The second kappa shape index (κ2) is 7.39. The van der Waals surface area contributed by atoms with E-state index in [9.17, 15) is 19.8 Å². The first-order valence-corrected chi connectivity index (χ1v) is 12.2. The first-order chi connectivity index (χ1) is 15.5. The summed E-state index contributed by atoms with van der Waals surface area (Å²) in [6, 6.07) is 0. The van der Waals surface area contributed by atoms with Gasteiger partial charge < -0.3 is 19.7 Å². The van der Waals surface area contributed by atoms with E-state index in [0.29, 0.717) is 19.3 Å². The third-order valence-corrected chi connectivity index (χ3v) is 9.79. The number of hydrogen-bond acceptors (Lipinski definition) is 6. The number of allylic oxidation sites excluding steroid dienone is 1. The lowest BCUT2D eigenvalue weighted by Gasteiger charge is -2.65. The molecule has 2 N–H and O–H groups in total. The minimum atomic E-state index is -2.20. The van der Waals surface area contributed by atoms with Crippen LogP contribution in [0.3, 0.4) is 0 Å². The lowest BCUT2D eigenvalue weighted by molar-refractivity contribution is -0.439. The number of hydrogen-bond donors (Lipinski definition) is 2. The molecule has 0 aromatic carbocycles. The number of Topliss-reactive ketones (excluding diaryl/α,β-unsaturated/α-hetero) is 1. The Bertz CT molecular complexity index is 899. The third kappa shape index (κ3) is 2.84. The van der Waals surface area contributed by atoms with Crippen molar-refractivity contribution in [3.05, 3.63) is 11.6 Å². The van der Waals surface area contributed by atoms with Gasteiger partial charge in [-0.3, -0.25) is 9.59 Å². The van der Waals surface area contributed by atoms with Gasteiger partial charge in [-0.05, 0) is 55.1 Å². The molecule has 0 amide bonds. The maximum atomic E-state index is 17.4. The zero-order valence-corrected chi connectivity index (χ0v) is 19.5. The molecule has 1 saturated heterocycles. The van der Waals surface area contributed by atoms with Crippen molar-refractivity contribution in [2.75, 3.05) is 6.61 Å². The van der Waals surface area contributed by atoms with Gasteiger partial charge in [0.15, 0.2) is 12.1 Å². The molecule has 0 unspecified atom stereocenters. The van der Waals surface area contributed by atoms with E-state index in [1.165, 1.54) is 0 Å². The second-order valence-corrected chi connectivity index (χ2v) is 11.3. The van der Waals surface area contributed by atoms with E-state index in [1.807, 2.05) is 13.8 Å². The van der Waals surface area contributed by atoms with Gasteiger partial charge in [0.05, 0.1) is 6.10 Å². The minimum Gasteiger partial charge on any atom is -0.390 e. The zero-order valence-electron chi connectivity index (χ0n) is 19.5. The van der Waals surface area contributed by atoms with Crippen LogP contribution in [0.1, 0.15) is 65.7 Å². The highest BCUT2D eigenvalue weighted by molar-refractivity contribution is 5.98. The van der Waals surface area contributed by atoms with Crippen molar-refractivity contribution in [3.8, 4) is 0 Å². The van der Waals surface area contributed by atoms with Crippen LogP contribution in [0, 0.1) is 28.6 Å². The SMILES string of the molecule is CCCC1OC2(C[C@@]3(C)C(=CC2=O)[C@@H](F)C[C@H]2[C@@H]4CC[C@H](C(=O)CO)[C@@]4(C)C[C@H](O)[C@@]23F)O1. The van der Waals surface area contributed by atoms with Crippen LogP contribution >= 0.6 is 0 Å². The molecular weight excluding hydrogens is 434 g/mol. The van der Waals surface area contributed by atoms with Crippen LogP contribution in [0.25, 0.3) is 0 Å². The summed E-state index contributed by atoms with van der Waals surface area (Å²) in [5, 5.41) is 20.8. The predicted octanol–water partition coefficient (Wildman–Crippen LogP) is 3.19. The maximum Gasteiger partial charge on any atom is 0.238 e. The van der Waals surface area contributed by atoms with Crippen molar-refractivity contribution in [2.24, 2.45) is 28.6 Å². The first kappa shape index (κ1) is 23.5. The van der Waals surface area contributed by atoms with E-state index in [0.717, 1.165) is 12.5 Å². The van der Waals surface area contributed by atoms with Crippen molar-refractivity contribution >= 4 is 11.6 Å². The van der Waals surface area contributed by atoms with E-state index in [-0.39, 0.29) is 36.5 Å². The number of fused-ring (bicyclic) bond motifs is 5. The average Bonchev–Trinajstić information content (AvgIpc) is 3.07. The molecule has 184 valence electrons. The van der Waals surface area contributed by atoms with E-state index < -0.39 is 65.1 Å². The Balaban J connectivity index is 1.55. The summed E-state index contributed by atoms with van der Waals surface area (Å²) >= 11 is 0. The molecule has 8 heteroatoms. The summed E-state index contributed by atoms with van der Waals surface area (Å²) in [5.41, 5.74) is -4.32. The number of aliphatic hydroxyl groups is 2. The fraction of sp³-hybridized carbons (Fsp3) is 0.840. The fourth-order valence-electron chi connectivity index (χ4n) is 8.27. The summed E-state index contributed by atoms with van der Waals surface area (Å²) < 4.78 is 44.7. The molecule has 0 bridgehead atoms. The summed E-state index contributed by atoms with van der Waals surface area (Å²) in [6.07, 6.45) is -0.239. The average molecular weight is 469 g/mol. The van der Waals surface area contributed by atoms with Crippen LogP contribution in [0.4, 0.5) is 8.78 Å². The largest absolute Gasteiger partial charge is 0.390 e. The van der Waals surface area contributed by atoms with Gasteiger partial charge in [0.2, 0.25) is 11.6 Å². The Morgan fingerprint density at radius 2 is 1.94 bits per heavy atom. The Labute approximate surface area is 192 Å². The molecule has 5 rings (SSSR count). The normalized spacial score (nSPS) is 53.1. The quantitative estimate of drug-likeness (QED) is 0.658. The minimum absolute atomic E-state index is 0.0437. The molecule has 0 radical (unpaired) electrons. The molecule has 6 nitrogen and oxygen atoms in total. The number of aliphatic hydroxyl groups excluding tert-OH is 2. The van der Waals surface area contributed by atoms with E-state index in [2.05, 4.69) is 0 Å². The molecule has 3 saturated carbocycles. The van der Waals surface area contributed by atoms with Crippen LogP contribution in [0.2, 0.25) is 0 Å². The number of carbonyl (C=O) groups excluding carboxylic acids is 2. The van der Waals surface area contributed by atoms with Gasteiger partial charge in [0.1, 0.15) is 18.4 Å². The van der Waals surface area contributed by atoms with Crippen LogP contribution in [-0.2, 0) is 19.1 Å². The van der Waals surface area contributed by atoms with Gasteiger partial charge in [0.25, 0.3) is 0 Å². The molecule has 4 fully saturated rings. The lowest BCUT2D eigenvalue weighted by atomic mass is 9.43. The van der Waals surface area contributed by atoms with Crippen LogP contribution in [-0.4, -0.2) is 58.4 Å². The van der Waals surface area contributed by atoms with Gasteiger partial charge >= 0.3 is 0 Å².